The minimum Gasteiger partial charge on any atom is -0.478 e. The molecule has 0 aromatic carbocycles. The van der Waals surface area contributed by atoms with Crippen LogP contribution in [0.1, 0.15) is 32.0 Å². The zero-order valence-corrected chi connectivity index (χ0v) is 9.24. The summed E-state index contributed by atoms with van der Waals surface area (Å²) in [6.45, 7) is 6.54. The summed E-state index contributed by atoms with van der Waals surface area (Å²) in [6, 6.07) is 3.74. The normalized spacial score (nSPS) is 17.1. The summed E-state index contributed by atoms with van der Waals surface area (Å²) in [4.78, 5) is 8.80. The van der Waals surface area contributed by atoms with Gasteiger partial charge in [-0.2, -0.15) is 0 Å². The van der Waals surface area contributed by atoms with Crippen LogP contribution >= 0.6 is 0 Å². The Bertz CT molecular complexity index is 424. The average Bonchev–Trinajstić information content (AvgIpc) is 2.38. The van der Waals surface area contributed by atoms with Gasteiger partial charge in [0.25, 0.3) is 0 Å². The molecule has 2 rings (SSSR count). The maximum atomic E-state index is 5.82. The SMILES string of the molecule is CCOc1ccc2c(n1)C(C)(C)N=C2N. The summed E-state index contributed by atoms with van der Waals surface area (Å²) in [6.07, 6.45) is 0. The highest BCUT2D eigenvalue weighted by atomic mass is 16.5. The predicted molar refractivity (Wildman–Crippen MR) is 59.2 cm³/mol. The Morgan fingerprint density at radius 3 is 2.80 bits per heavy atom. The number of nitrogens with zero attached hydrogens (tertiary/aromatic N) is 2. The number of nitrogens with two attached hydrogens (primary N) is 1. The van der Waals surface area contributed by atoms with Crippen molar-refractivity contribution in [3.05, 3.63) is 23.4 Å². The number of hydrogen-bond donors (Lipinski definition) is 1. The van der Waals surface area contributed by atoms with E-state index in [0.29, 0.717) is 18.3 Å². The Hall–Kier alpha value is -1.58. The van der Waals surface area contributed by atoms with Crippen molar-refractivity contribution in [2.24, 2.45) is 10.7 Å². The van der Waals surface area contributed by atoms with Crippen LogP contribution in [0.15, 0.2) is 17.1 Å². The number of rotatable bonds is 2. The second-order valence-electron chi connectivity index (χ2n) is 4.03. The van der Waals surface area contributed by atoms with Crippen LogP contribution in [0, 0.1) is 0 Å². The van der Waals surface area contributed by atoms with Crippen LogP contribution in [-0.4, -0.2) is 17.4 Å². The standard InChI is InChI=1S/C11H15N3O/c1-4-15-8-6-5-7-9(13-8)11(2,3)14-10(7)12/h5-6H,4H2,1-3H3,(H2,12,14). The van der Waals surface area contributed by atoms with E-state index in [9.17, 15) is 0 Å². The van der Waals surface area contributed by atoms with Crippen molar-refractivity contribution < 1.29 is 4.74 Å². The van der Waals surface area contributed by atoms with Gasteiger partial charge in [0.2, 0.25) is 5.88 Å². The van der Waals surface area contributed by atoms with Crippen molar-refractivity contribution in [2.45, 2.75) is 26.3 Å². The van der Waals surface area contributed by atoms with Gasteiger partial charge in [0.05, 0.1) is 12.3 Å². The van der Waals surface area contributed by atoms with Gasteiger partial charge in [-0.05, 0) is 26.8 Å². The van der Waals surface area contributed by atoms with E-state index in [2.05, 4.69) is 9.98 Å². The van der Waals surface area contributed by atoms with Gasteiger partial charge in [-0.1, -0.05) is 0 Å². The third kappa shape index (κ3) is 1.56. The molecule has 4 nitrogen and oxygen atoms in total. The molecule has 1 aromatic rings. The second kappa shape index (κ2) is 3.22. The van der Waals surface area contributed by atoms with Gasteiger partial charge in [0.1, 0.15) is 11.4 Å². The summed E-state index contributed by atoms with van der Waals surface area (Å²) in [5.41, 5.74) is 7.29. The van der Waals surface area contributed by atoms with E-state index in [1.54, 1.807) is 0 Å². The monoisotopic (exact) mass is 205 g/mol. The summed E-state index contributed by atoms with van der Waals surface area (Å²) in [7, 11) is 0. The van der Waals surface area contributed by atoms with E-state index in [4.69, 9.17) is 10.5 Å². The summed E-state index contributed by atoms with van der Waals surface area (Å²) in [5, 5.41) is 0. The first-order valence-electron chi connectivity index (χ1n) is 5.04. The zero-order chi connectivity index (χ0) is 11.1. The molecule has 2 heterocycles. The second-order valence-corrected chi connectivity index (χ2v) is 4.03. The fourth-order valence-electron chi connectivity index (χ4n) is 1.76. The molecule has 0 spiro atoms. The zero-order valence-electron chi connectivity index (χ0n) is 9.24. The van der Waals surface area contributed by atoms with Crippen LogP contribution in [0.3, 0.4) is 0 Å². The van der Waals surface area contributed by atoms with Gasteiger partial charge < -0.3 is 10.5 Å². The Balaban J connectivity index is 2.47. The minimum absolute atomic E-state index is 0.341. The first-order valence-corrected chi connectivity index (χ1v) is 5.04. The highest BCUT2D eigenvalue weighted by molar-refractivity contribution is 6.01. The average molecular weight is 205 g/mol. The van der Waals surface area contributed by atoms with Crippen LogP contribution in [-0.2, 0) is 5.54 Å². The molecule has 0 amide bonds. The summed E-state index contributed by atoms with van der Waals surface area (Å²) in [5.74, 6) is 1.19. The lowest BCUT2D eigenvalue weighted by Crippen LogP contribution is -2.13. The number of aromatic nitrogens is 1. The molecule has 0 unspecified atom stereocenters. The Labute approximate surface area is 89.2 Å². The maximum absolute atomic E-state index is 5.82. The number of fused-ring (bicyclic) bond motifs is 1. The molecular weight excluding hydrogens is 190 g/mol. The number of aliphatic imine (C=N–C) groups is 1. The lowest BCUT2D eigenvalue weighted by atomic mass is 10.00. The highest BCUT2D eigenvalue weighted by Gasteiger charge is 2.32. The van der Waals surface area contributed by atoms with Gasteiger partial charge in [-0.15, -0.1) is 0 Å². The van der Waals surface area contributed by atoms with E-state index < -0.39 is 0 Å². The van der Waals surface area contributed by atoms with Crippen molar-refractivity contribution in [2.75, 3.05) is 6.61 Å². The van der Waals surface area contributed by atoms with Crippen molar-refractivity contribution in [3.8, 4) is 5.88 Å². The first kappa shape index (κ1) is 9.96. The number of amidine groups is 1. The smallest absolute Gasteiger partial charge is 0.213 e. The molecule has 80 valence electrons. The van der Waals surface area contributed by atoms with E-state index in [-0.39, 0.29) is 5.54 Å². The van der Waals surface area contributed by atoms with Gasteiger partial charge in [-0.3, -0.25) is 4.99 Å². The van der Waals surface area contributed by atoms with E-state index in [1.165, 1.54) is 0 Å². The van der Waals surface area contributed by atoms with Crippen LogP contribution in [0.2, 0.25) is 0 Å². The fourth-order valence-corrected chi connectivity index (χ4v) is 1.76. The molecular formula is C11H15N3O. The quantitative estimate of drug-likeness (QED) is 0.794. The minimum atomic E-state index is -0.341. The molecule has 15 heavy (non-hydrogen) atoms. The van der Waals surface area contributed by atoms with Gasteiger partial charge in [0.15, 0.2) is 0 Å². The van der Waals surface area contributed by atoms with Crippen molar-refractivity contribution in [1.29, 1.82) is 0 Å². The Morgan fingerprint density at radius 1 is 1.40 bits per heavy atom. The van der Waals surface area contributed by atoms with Crippen molar-refractivity contribution in [3.63, 3.8) is 0 Å². The lowest BCUT2D eigenvalue weighted by Gasteiger charge is -2.15. The number of pyridine rings is 1. The number of ether oxygens (including phenoxy) is 1. The molecule has 0 saturated heterocycles. The first-order chi connectivity index (χ1) is 7.04. The van der Waals surface area contributed by atoms with Crippen LogP contribution in [0.5, 0.6) is 5.88 Å². The van der Waals surface area contributed by atoms with E-state index >= 15 is 0 Å². The lowest BCUT2D eigenvalue weighted by molar-refractivity contribution is 0.323. The van der Waals surface area contributed by atoms with Gasteiger partial charge in [-0.25, -0.2) is 4.98 Å². The largest absolute Gasteiger partial charge is 0.478 e. The van der Waals surface area contributed by atoms with Crippen LogP contribution in [0.4, 0.5) is 0 Å². The number of hydrogen-bond acceptors (Lipinski definition) is 4. The predicted octanol–water partition coefficient (Wildman–Crippen LogP) is 1.43. The molecule has 0 atom stereocenters. The molecule has 1 aliphatic rings. The van der Waals surface area contributed by atoms with Crippen molar-refractivity contribution in [1.82, 2.24) is 4.98 Å². The third-order valence-electron chi connectivity index (χ3n) is 2.42. The molecule has 1 aromatic heterocycles. The van der Waals surface area contributed by atoms with E-state index in [0.717, 1.165) is 11.3 Å². The van der Waals surface area contributed by atoms with Crippen molar-refractivity contribution >= 4 is 5.84 Å². The topological polar surface area (TPSA) is 60.5 Å². The molecule has 0 saturated carbocycles. The maximum Gasteiger partial charge on any atom is 0.213 e. The molecule has 1 aliphatic heterocycles. The molecule has 2 N–H and O–H groups in total. The van der Waals surface area contributed by atoms with Crippen LogP contribution in [0.25, 0.3) is 0 Å². The molecule has 0 radical (unpaired) electrons. The van der Waals surface area contributed by atoms with E-state index in [1.807, 2.05) is 32.9 Å². The summed E-state index contributed by atoms with van der Waals surface area (Å²) >= 11 is 0. The summed E-state index contributed by atoms with van der Waals surface area (Å²) < 4.78 is 5.36. The Kier molecular flexibility index (Phi) is 2.14. The van der Waals surface area contributed by atoms with Gasteiger partial charge >= 0.3 is 0 Å². The molecule has 0 aliphatic carbocycles. The Morgan fingerprint density at radius 2 is 2.13 bits per heavy atom. The third-order valence-corrected chi connectivity index (χ3v) is 2.42. The molecule has 0 fully saturated rings. The van der Waals surface area contributed by atoms with Crippen LogP contribution < -0.4 is 10.5 Å². The fraction of sp³-hybridized carbons (Fsp3) is 0.455. The molecule has 0 bridgehead atoms. The molecule has 4 heteroatoms. The van der Waals surface area contributed by atoms with Gasteiger partial charge in [0, 0.05) is 11.6 Å². The highest BCUT2D eigenvalue weighted by Crippen LogP contribution is 2.33.